The number of hydrogen-bond acceptors (Lipinski definition) is 6. The Bertz CT molecular complexity index is 951. The third-order valence-electron chi connectivity index (χ3n) is 4.94. The standard InChI is InChI=1S/C24H32O6S/c1-5-6-12-24(25)29-23-11-7-10-22(19(23)3)18(2)9-8-17-28-20-13-15-21(16-14-20)30-31(4,26)27/h7,10-11,13-16,18H,5-6,8-9,12,17H2,1-4H3. The smallest absolute Gasteiger partial charge is 0.311 e. The molecule has 1 unspecified atom stereocenters. The Labute approximate surface area is 185 Å². The molecule has 0 radical (unpaired) electrons. The first-order valence-corrected chi connectivity index (χ1v) is 12.4. The zero-order chi connectivity index (χ0) is 22.9. The summed E-state index contributed by atoms with van der Waals surface area (Å²) in [6.07, 6.45) is 5.01. The van der Waals surface area contributed by atoms with Crippen LogP contribution in [0.1, 0.15) is 63.0 Å². The molecular formula is C24H32O6S. The lowest BCUT2D eigenvalue weighted by atomic mass is 9.92. The Morgan fingerprint density at radius 3 is 2.35 bits per heavy atom. The first-order chi connectivity index (χ1) is 14.7. The molecule has 0 fully saturated rings. The van der Waals surface area contributed by atoms with Gasteiger partial charge in [-0.1, -0.05) is 32.4 Å². The molecule has 0 amide bonds. The molecule has 0 saturated heterocycles. The fourth-order valence-corrected chi connectivity index (χ4v) is 3.73. The Morgan fingerprint density at radius 2 is 1.71 bits per heavy atom. The van der Waals surface area contributed by atoms with Crippen LogP contribution < -0.4 is 13.7 Å². The van der Waals surface area contributed by atoms with Crippen molar-refractivity contribution in [3.8, 4) is 17.2 Å². The maximum atomic E-state index is 12.0. The highest BCUT2D eigenvalue weighted by molar-refractivity contribution is 7.86. The number of ether oxygens (including phenoxy) is 2. The van der Waals surface area contributed by atoms with Gasteiger partial charge in [-0.15, -0.1) is 0 Å². The van der Waals surface area contributed by atoms with Crippen LogP contribution in [0.5, 0.6) is 17.2 Å². The molecule has 2 rings (SSSR count). The molecule has 0 saturated carbocycles. The molecule has 1 atom stereocenters. The highest BCUT2D eigenvalue weighted by Crippen LogP contribution is 2.30. The summed E-state index contributed by atoms with van der Waals surface area (Å²) in [6, 6.07) is 12.3. The van der Waals surface area contributed by atoms with Crippen LogP contribution in [-0.2, 0) is 14.9 Å². The summed E-state index contributed by atoms with van der Waals surface area (Å²) in [5.74, 6) is 1.66. The van der Waals surface area contributed by atoms with E-state index in [1.165, 1.54) is 5.56 Å². The van der Waals surface area contributed by atoms with E-state index in [-0.39, 0.29) is 11.7 Å². The molecular weight excluding hydrogens is 416 g/mol. The number of carbonyl (C=O) groups is 1. The van der Waals surface area contributed by atoms with Gasteiger partial charge in [-0.2, -0.15) is 8.42 Å². The molecule has 2 aromatic carbocycles. The van der Waals surface area contributed by atoms with E-state index >= 15 is 0 Å². The molecule has 0 bridgehead atoms. The van der Waals surface area contributed by atoms with Crippen LogP contribution in [0.15, 0.2) is 42.5 Å². The second-order valence-corrected chi connectivity index (χ2v) is 9.27. The van der Waals surface area contributed by atoms with Gasteiger partial charge in [0, 0.05) is 6.42 Å². The molecule has 2 aromatic rings. The molecule has 0 N–H and O–H groups in total. The van der Waals surface area contributed by atoms with Gasteiger partial charge >= 0.3 is 16.1 Å². The van der Waals surface area contributed by atoms with Gasteiger partial charge in [0.05, 0.1) is 12.9 Å². The molecule has 170 valence electrons. The van der Waals surface area contributed by atoms with Crippen molar-refractivity contribution in [1.29, 1.82) is 0 Å². The second kappa shape index (κ2) is 11.7. The molecule has 0 heterocycles. The topological polar surface area (TPSA) is 78.9 Å². The van der Waals surface area contributed by atoms with Crippen molar-refractivity contribution in [2.75, 3.05) is 12.9 Å². The van der Waals surface area contributed by atoms with E-state index in [2.05, 4.69) is 13.0 Å². The van der Waals surface area contributed by atoms with E-state index < -0.39 is 10.1 Å². The van der Waals surface area contributed by atoms with Crippen molar-refractivity contribution in [1.82, 2.24) is 0 Å². The minimum absolute atomic E-state index is 0.184. The second-order valence-electron chi connectivity index (χ2n) is 7.70. The first-order valence-electron chi connectivity index (χ1n) is 10.6. The third kappa shape index (κ3) is 8.61. The molecule has 0 aliphatic carbocycles. The van der Waals surface area contributed by atoms with Gasteiger partial charge in [0.2, 0.25) is 0 Å². The molecule has 6 nitrogen and oxygen atoms in total. The van der Waals surface area contributed by atoms with Crippen molar-refractivity contribution in [2.24, 2.45) is 0 Å². The summed E-state index contributed by atoms with van der Waals surface area (Å²) < 4.78 is 38.4. The van der Waals surface area contributed by atoms with Crippen molar-refractivity contribution in [2.45, 2.75) is 58.8 Å². The van der Waals surface area contributed by atoms with Gasteiger partial charge < -0.3 is 13.7 Å². The highest BCUT2D eigenvalue weighted by Gasteiger charge is 2.14. The minimum atomic E-state index is -3.53. The fourth-order valence-electron chi connectivity index (χ4n) is 3.27. The molecule has 31 heavy (non-hydrogen) atoms. The summed E-state index contributed by atoms with van der Waals surface area (Å²) in [4.78, 5) is 12.0. The van der Waals surface area contributed by atoms with Crippen LogP contribution in [0.3, 0.4) is 0 Å². The van der Waals surface area contributed by atoms with Gasteiger partial charge in [0.15, 0.2) is 0 Å². The number of esters is 1. The van der Waals surface area contributed by atoms with Crippen molar-refractivity contribution < 1.29 is 26.9 Å². The van der Waals surface area contributed by atoms with E-state index in [4.69, 9.17) is 13.7 Å². The van der Waals surface area contributed by atoms with Crippen LogP contribution in [0.2, 0.25) is 0 Å². The van der Waals surface area contributed by atoms with Crippen LogP contribution in [0.25, 0.3) is 0 Å². The Kier molecular flexibility index (Phi) is 9.37. The largest absolute Gasteiger partial charge is 0.494 e. The monoisotopic (exact) mass is 448 g/mol. The summed E-state index contributed by atoms with van der Waals surface area (Å²) in [5, 5.41) is 0. The lowest BCUT2D eigenvalue weighted by molar-refractivity contribution is -0.134. The number of benzene rings is 2. The zero-order valence-electron chi connectivity index (χ0n) is 18.7. The molecule has 7 heteroatoms. The Balaban J connectivity index is 1.84. The molecule has 0 aromatic heterocycles. The predicted octanol–water partition coefficient (Wildman–Crippen LogP) is 5.39. The molecule has 0 aliphatic heterocycles. The summed E-state index contributed by atoms with van der Waals surface area (Å²) in [6.45, 7) is 6.74. The molecule has 0 spiro atoms. The average molecular weight is 449 g/mol. The van der Waals surface area contributed by atoms with Gasteiger partial charge in [-0.25, -0.2) is 0 Å². The number of carbonyl (C=O) groups excluding carboxylic acids is 1. The van der Waals surface area contributed by atoms with Crippen LogP contribution in [0.4, 0.5) is 0 Å². The number of hydrogen-bond donors (Lipinski definition) is 0. The molecule has 0 aliphatic rings. The van der Waals surface area contributed by atoms with Gasteiger partial charge in [0.25, 0.3) is 0 Å². The Hall–Kier alpha value is -2.54. The lowest BCUT2D eigenvalue weighted by Crippen LogP contribution is -2.09. The summed E-state index contributed by atoms with van der Waals surface area (Å²) >= 11 is 0. The van der Waals surface area contributed by atoms with Crippen molar-refractivity contribution in [3.05, 3.63) is 53.6 Å². The maximum Gasteiger partial charge on any atom is 0.311 e. The van der Waals surface area contributed by atoms with E-state index in [0.717, 1.165) is 37.5 Å². The van der Waals surface area contributed by atoms with E-state index in [9.17, 15) is 13.2 Å². The lowest BCUT2D eigenvalue weighted by Gasteiger charge is -2.17. The summed E-state index contributed by atoms with van der Waals surface area (Å²) in [5.41, 5.74) is 2.17. The van der Waals surface area contributed by atoms with Gasteiger partial charge in [-0.3, -0.25) is 4.79 Å². The maximum absolute atomic E-state index is 12.0. The fraction of sp³-hybridized carbons (Fsp3) is 0.458. The summed E-state index contributed by atoms with van der Waals surface area (Å²) in [7, 11) is -3.53. The number of rotatable bonds is 12. The highest BCUT2D eigenvalue weighted by atomic mass is 32.2. The SMILES string of the molecule is CCCCC(=O)Oc1cccc(C(C)CCCOc2ccc(OS(C)(=O)=O)cc2)c1C. The van der Waals surface area contributed by atoms with Crippen molar-refractivity contribution in [3.63, 3.8) is 0 Å². The van der Waals surface area contributed by atoms with Gasteiger partial charge in [-0.05, 0) is 73.6 Å². The van der Waals surface area contributed by atoms with Crippen LogP contribution >= 0.6 is 0 Å². The number of unbranched alkanes of at least 4 members (excludes halogenated alkanes) is 1. The third-order valence-corrected chi connectivity index (χ3v) is 5.43. The van der Waals surface area contributed by atoms with Crippen LogP contribution in [-0.4, -0.2) is 27.2 Å². The normalized spacial score (nSPS) is 12.3. The van der Waals surface area contributed by atoms with E-state index in [1.54, 1.807) is 24.3 Å². The minimum Gasteiger partial charge on any atom is -0.494 e. The predicted molar refractivity (Wildman–Crippen MR) is 121 cm³/mol. The van der Waals surface area contributed by atoms with Crippen LogP contribution in [0, 0.1) is 6.92 Å². The Morgan fingerprint density at radius 1 is 1.03 bits per heavy atom. The first kappa shape index (κ1) is 24.7. The van der Waals surface area contributed by atoms with Crippen molar-refractivity contribution >= 4 is 16.1 Å². The van der Waals surface area contributed by atoms with E-state index in [0.29, 0.717) is 30.4 Å². The van der Waals surface area contributed by atoms with Gasteiger partial charge in [0.1, 0.15) is 17.2 Å². The van der Waals surface area contributed by atoms with E-state index in [1.807, 2.05) is 26.0 Å². The zero-order valence-corrected chi connectivity index (χ0v) is 19.5. The average Bonchev–Trinajstić information content (AvgIpc) is 2.71. The quantitative estimate of drug-likeness (QED) is 0.187.